The van der Waals surface area contributed by atoms with E-state index in [2.05, 4.69) is 77.9 Å². The molecule has 2 aromatic rings. The molecule has 0 heterocycles. The molecule has 2 aliphatic carbocycles. The summed E-state index contributed by atoms with van der Waals surface area (Å²) in [6.07, 6.45) is 6.55. The minimum atomic E-state index is 0.155. The molecule has 0 radical (unpaired) electrons. The molecule has 1 heteroatoms. The summed E-state index contributed by atoms with van der Waals surface area (Å²) >= 11 is 0. The predicted molar refractivity (Wildman–Crippen MR) is 124 cm³/mol. The van der Waals surface area contributed by atoms with Crippen LogP contribution >= 0.6 is 0 Å². The second-order valence-corrected chi connectivity index (χ2v) is 10.5. The highest BCUT2D eigenvalue weighted by Gasteiger charge is 2.42. The first-order valence-corrected chi connectivity index (χ1v) is 11.3. The molecule has 0 aliphatic heterocycles. The Morgan fingerprint density at radius 2 is 1.48 bits per heavy atom. The minimum Gasteiger partial charge on any atom is -0.295 e. The molecule has 0 aromatic heterocycles. The molecule has 0 amide bonds. The van der Waals surface area contributed by atoms with Gasteiger partial charge < -0.3 is 0 Å². The molecular formula is C28H38O. The van der Waals surface area contributed by atoms with E-state index in [1.165, 1.54) is 43.2 Å². The number of rotatable bonds is 1. The Labute approximate surface area is 177 Å². The van der Waals surface area contributed by atoms with E-state index in [0.29, 0.717) is 5.92 Å². The largest absolute Gasteiger partial charge is 0.295 e. The van der Waals surface area contributed by atoms with Gasteiger partial charge in [-0.1, -0.05) is 65.0 Å². The lowest BCUT2D eigenvalue weighted by atomic mass is 9.58. The van der Waals surface area contributed by atoms with Gasteiger partial charge in [-0.3, -0.25) is 4.79 Å². The van der Waals surface area contributed by atoms with Crippen LogP contribution in [0, 0.1) is 12.8 Å². The van der Waals surface area contributed by atoms with Crippen molar-refractivity contribution in [1.82, 2.24) is 0 Å². The highest BCUT2D eigenvalue weighted by molar-refractivity contribution is 5.96. The zero-order chi connectivity index (χ0) is 21.4. The predicted octanol–water partition coefficient (Wildman–Crippen LogP) is 7.36. The van der Waals surface area contributed by atoms with Crippen molar-refractivity contribution in [2.45, 2.75) is 91.4 Å². The minimum absolute atomic E-state index is 0.155. The highest BCUT2D eigenvalue weighted by atomic mass is 16.1. The van der Waals surface area contributed by atoms with Crippen LogP contribution in [0.5, 0.6) is 0 Å². The van der Waals surface area contributed by atoms with Crippen LogP contribution in [0.15, 0.2) is 36.4 Å². The quantitative estimate of drug-likeness (QED) is 0.465. The molecule has 0 N–H and O–H groups in total. The number of ketones is 1. The number of aryl methyl sites for hydroxylation is 3. The van der Waals surface area contributed by atoms with E-state index in [-0.39, 0.29) is 16.6 Å². The van der Waals surface area contributed by atoms with Crippen LogP contribution in [0.3, 0.4) is 0 Å². The lowest BCUT2D eigenvalue weighted by Gasteiger charge is -2.47. The average molecular weight is 391 g/mol. The second-order valence-electron chi connectivity index (χ2n) is 10.5. The van der Waals surface area contributed by atoms with E-state index in [1.807, 2.05) is 0 Å². The van der Waals surface area contributed by atoms with E-state index >= 15 is 0 Å². The summed E-state index contributed by atoms with van der Waals surface area (Å²) in [5.41, 5.74) is 8.29. The maximum Gasteiger partial charge on any atom is 0.160 e. The molecule has 156 valence electrons. The van der Waals surface area contributed by atoms with E-state index in [1.54, 1.807) is 18.1 Å². The van der Waals surface area contributed by atoms with Gasteiger partial charge in [-0.15, -0.1) is 0 Å². The molecule has 1 atom stereocenters. The summed E-state index contributed by atoms with van der Waals surface area (Å²) in [6, 6.07) is 13.2. The lowest BCUT2D eigenvalue weighted by Crippen LogP contribution is -2.40. The second kappa shape index (κ2) is 8.09. The molecule has 2 aliphatic rings. The lowest BCUT2D eigenvalue weighted by molar-refractivity contribution is 0.101. The normalized spacial score (nSPS) is 21.3. The summed E-state index contributed by atoms with van der Waals surface area (Å²) in [6.45, 7) is 15.3. The molecule has 0 saturated carbocycles. The van der Waals surface area contributed by atoms with Gasteiger partial charge in [0.1, 0.15) is 0 Å². The maximum absolute atomic E-state index is 11.8. The molecule has 0 spiro atoms. The first-order chi connectivity index (χ1) is 13.5. The standard InChI is InChI=1S/C18H26O.C10H12/c1-11-8-16-15(9-14(11)13(3)19)17(4,5)10-12(2)18(16,6)7;1-2-6-10-8-4-3-7-9(10)5-1/h8-9,12H,10H2,1-7H3;1-2,5-6H,3-4,7-8H2. The molecule has 0 fully saturated rings. The Hall–Kier alpha value is -1.89. The van der Waals surface area contributed by atoms with Gasteiger partial charge in [0.05, 0.1) is 0 Å². The number of hydrogen-bond acceptors (Lipinski definition) is 1. The number of carbonyl (C=O) groups excluding carboxylic acids is 1. The number of benzene rings is 2. The van der Waals surface area contributed by atoms with Crippen molar-refractivity contribution >= 4 is 5.78 Å². The number of hydrogen-bond donors (Lipinski definition) is 0. The third-order valence-electron chi connectivity index (χ3n) is 7.48. The Morgan fingerprint density at radius 3 is 2.00 bits per heavy atom. The van der Waals surface area contributed by atoms with Gasteiger partial charge in [-0.05, 0) is 96.6 Å². The van der Waals surface area contributed by atoms with Gasteiger partial charge in [0, 0.05) is 5.56 Å². The summed E-state index contributed by atoms with van der Waals surface area (Å²) < 4.78 is 0. The summed E-state index contributed by atoms with van der Waals surface area (Å²) in [5.74, 6) is 0.824. The van der Waals surface area contributed by atoms with Crippen molar-refractivity contribution < 1.29 is 4.79 Å². The Balaban J connectivity index is 0.000000200. The third kappa shape index (κ3) is 4.34. The van der Waals surface area contributed by atoms with Gasteiger partial charge in [0.2, 0.25) is 0 Å². The number of carbonyl (C=O) groups is 1. The van der Waals surface area contributed by atoms with Gasteiger partial charge >= 0.3 is 0 Å². The van der Waals surface area contributed by atoms with Crippen molar-refractivity contribution in [1.29, 1.82) is 0 Å². The summed E-state index contributed by atoms with van der Waals surface area (Å²) in [7, 11) is 0. The van der Waals surface area contributed by atoms with Crippen LogP contribution in [0.4, 0.5) is 0 Å². The van der Waals surface area contributed by atoms with Gasteiger partial charge in [0.25, 0.3) is 0 Å². The van der Waals surface area contributed by atoms with E-state index in [4.69, 9.17) is 0 Å². The Kier molecular flexibility index (Phi) is 6.08. The summed E-state index contributed by atoms with van der Waals surface area (Å²) in [4.78, 5) is 11.8. The maximum atomic E-state index is 11.8. The van der Waals surface area contributed by atoms with Crippen LogP contribution in [-0.4, -0.2) is 5.78 Å². The SMILES string of the molecule is CC(=O)c1cc2c(cc1C)C(C)(C)C(C)CC2(C)C.c1ccc2c(c1)CCCC2. The van der Waals surface area contributed by atoms with Crippen molar-refractivity contribution in [3.63, 3.8) is 0 Å². The molecule has 1 unspecified atom stereocenters. The molecule has 2 aromatic carbocycles. The number of fused-ring (bicyclic) bond motifs is 2. The first-order valence-electron chi connectivity index (χ1n) is 11.3. The molecular weight excluding hydrogens is 352 g/mol. The van der Waals surface area contributed by atoms with Crippen LogP contribution in [0.25, 0.3) is 0 Å². The fourth-order valence-electron chi connectivity index (χ4n) is 5.25. The van der Waals surface area contributed by atoms with Crippen LogP contribution < -0.4 is 0 Å². The van der Waals surface area contributed by atoms with E-state index < -0.39 is 0 Å². The fourth-order valence-corrected chi connectivity index (χ4v) is 5.25. The van der Waals surface area contributed by atoms with Crippen molar-refractivity contribution in [2.24, 2.45) is 5.92 Å². The number of Topliss-reactive ketones (excluding diaryl/α,β-unsaturated/α-hetero) is 1. The zero-order valence-electron chi connectivity index (χ0n) is 19.5. The average Bonchev–Trinajstić information content (AvgIpc) is 2.66. The van der Waals surface area contributed by atoms with Crippen LogP contribution in [0.2, 0.25) is 0 Å². The van der Waals surface area contributed by atoms with Crippen molar-refractivity contribution in [3.05, 3.63) is 69.8 Å². The van der Waals surface area contributed by atoms with E-state index in [0.717, 1.165) is 11.1 Å². The Morgan fingerprint density at radius 1 is 0.931 bits per heavy atom. The monoisotopic (exact) mass is 390 g/mol. The molecule has 0 saturated heterocycles. The van der Waals surface area contributed by atoms with Crippen molar-refractivity contribution in [2.75, 3.05) is 0 Å². The Bertz CT molecular complexity index is 876. The summed E-state index contributed by atoms with van der Waals surface area (Å²) in [5, 5.41) is 0. The topological polar surface area (TPSA) is 17.1 Å². The fraction of sp³-hybridized carbons (Fsp3) is 0.536. The molecule has 0 bridgehead atoms. The van der Waals surface area contributed by atoms with Gasteiger partial charge in [-0.2, -0.15) is 0 Å². The van der Waals surface area contributed by atoms with E-state index in [9.17, 15) is 4.79 Å². The third-order valence-corrected chi connectivity index (χ3v) is 7.48. The highest BCUT2D eigenvalue weighted by Crippen LogP contribution is 2.49. The first kappa shape index (κ1) is 21.8. The molecule has 1 nitrogen and oxygen atoms in total. The van der Waals surface area contributed by atoms with Crippen LogP contribution in [0.1, 0.15) is 99.0 Å². The zero-order valence-corrected chi connectivity index (χ0v) is 19.5. The van der Waals surface area contributed by atoms with Crippen LogP contribution in [-0.2, 0) is 23.7 Å². The van der Waals surface area contributed by atoms with Gasteiger partial charge in [0.15, 0.2) is 5.78 Å². The van der Waals surface area contributed by atoms with Gasteiger partial charge in [-0.25, -0.2) is 0 Å². The molecule has 4 rings (SSSR count). The smallest absolute Gasteiger partial charge is 0.160 e. The molecule has 29 heavy (non-hydrogen) atoms. The van der Waals surface area contributed by atoms with Crippen molar-refractivity contribution in [3.8, 4) is 0 Å².